The molecular weight excluding hydrogens is 1530 g/mol. The maximum atomic E-state index is 6.62. The van der Waals surface area contributed by atoms with Crippen molar-refractivity contribution in [3.8, 4) is 34.7 Å². The maximum absolute atomic E-state index is 6.62. The fourth-order valence-corrected chi connectivity index (χ4v) is 29.3. The van der Waals surface area contributed by atoms with Gasteiger partial charge in [0.05, 0.1) is 66.2 Å². The molecule has 26 aromatic rings. The van der Waals surface area contributed by atoms with E-state index in [4.69, 9.17) is 38.7 Å². The summed E-state index contributed by atoms with van der Waals surface area (Å²) in [5, 5.41) is 17.4. The average Bonchev–Trinajstić information content (AvgIpc) is 1.41. The molecule has 0 fully saturated rings. The lowest BCUT2D eigenvalue weighted by Gasteiger charge is -2.33. The quantitative estimate of drug-likeness (QED) is 0.0823. The highest BCUT2D eigenvalue weighted by molar-refractivity contribution is 7.20. The van der Waals surface area contributed by atoms with E-state index in [9.17, 15) is 0 Å². The minimum absolute atomic E-state index is 0.460. The summed E-state index contributed by atoms with van der Waals surface area (Å²) in [4.78, 5) is 35.2. The molecule has 0 saturated carbocycles. The monoisotopic (exact) mass is 1590 g/mol. The van der Waals surface area contributed by atoms with E-state index in [-0.39, 0.29) is 0 Å². The van der Waals surface area contributed by atoms with Crippen LogP contribution in [0.25, 0.3) is 178 Å². The number of nitrogens with zero attached hydrogens (tertiary/aromatic N) is 12. The number of hydrogen-bond donors (Lipinski definition) is 0. The molecule has 0 aliphatic heterocycles. The van der Waals surface area contributed by atoms with Gasteiger partial charge in [-0.05, 0) is 151 Å². The summed E-state index contributed by atoms with van der Waals surface area (Å²) in [5.41, 5.74) is 16.9. The van der Waals surface area contributed by atoms with Crippen molar-refractivity contribution < 1.29 is 8.83 Å². The standard InChI is InChI=1S/C106H66N12O2Si2/c1-5-29-69(30-6-1)121(70-31-7-2-8-32-70,73-55-59-97-81(63-73)78-40-16-27-51-95(78)119-97)101-65-99(109-103(111-101)114-86-44-20-13-37-75(86)76-38-14-21-45-87(76)114)113-85-43-19-15-39-77(85)80-61-67(54-58-88(80)113)68-53-57-84-94(62-68)116-91-48-24-26-50-93(91)118(106(116)108-84)104-110-100(117-92-49-25-23-47-90(92)115-89-46-22-18-42-83(89)107-105(115)117)66-102(112-104)122(71-33-9-3-10-34-71,72-35-11-4-12-36-72)74-56-60-98-82(64-74)79-41-17-28-52-96(79)120-98/h1-66H. The van der Waals surface area contributed by atoms with E-state index in [1.807, 2.05) is 12.1 Å². The molecule has 0 atom stereocenters. The van der Waals surface area contributed by atoms with E-state index in [0.29, 0.717) is 23.5 Å². The van der Waals surface area contributed by atoms with Crippen molar-refractivity contribution in [3.05, 3.63) is 400 Å². The normalized spacial score (nSPS) is 12.4. The molecule has 570 valence electrons. The number of aromatic nitrogens is 12. The first-order chi connectivity index (χ1) is 60.5. The third kappa shape index (κ3) is 9.74. The van der Waals surface area contributed by atoms with Crippen LogP contribution in [0.1, 0.15) is 0 Å². The fourth-order valence-electron chi connectivity index (χ4n) is 20.1. The molecule has 0 aliphatic rings. The summed E-state index contributed by atoms with van der Waals surface area (Å²) >= 11 is 0. The van der Waals surface area contributed by atoms with Crippen LogP contribution in [0.3, 0.4) is 0 Å². The third-order valence-electron chi connectivity index (χ3n) is 25.4. The lowest BCUT2D eigenvalue weighted by molar-refractivity contribution is 0.668. The van der Waals surface area contributed by atoms with E-state index in [2.05, 4.69) is 415 Å². The molecule has 0 saturated heterocycles. The Morgan fingerprint density at radius 2 is 0.557 bits per heavy atom. The first kappa shape index (κ1) is 68.0. The first-order valence-corrected chi connectivity index (χ1v) is 45.1. The van der Waals surface area contributed by atoms with Gasteiger partial charge < -0.3 is 8.83 Å². The molecule has 10 aromatic heterocycles. The highest BCUT2D eigenvalue weighted by atomic mass is 28.3. The summed E-state index contributed by atoms with van der Waals surface area (Å²) in [6.07, 6.45) is 0. The molecule has 0 spiro atoms. The van der Waals surface area contributed by atoms with Crippen LogP contribution < -0.4 is 41.8 Å². The van der Waals surface area contributed by atoms with Crippen molar-refractivity contribution in [3.63, 3.8) is 0 Å². The molecule has 26 rings (SSSR count). The van der Waals surface area contributed by atoms with Crippen LogP contribution in [0.2, 0.25) is 0 Å². The van der Waals surface area contributed by atoms with Crippen LogP contribution in [-0.4, -0.2) is 73.1 Å². The highest BCUT2D eigenvalue weighted by Gasteiger charge is 2.47. The Morgan fingerprint density at radius 3 is 1.08 bits per heavy atom. The lowest BCUT2D eigenvalue weighted by atomic mass is 10.0. The molecule has 0 bridgehead atoms. The van der Waals surface area contributed by atoms with Crippen molar-refractivity contribution in [2.75, 3.05) is 0 Å². The Hall–Kier alpha value is -16.1. The summed E-state index contributed by atoms with van der Waals surface area (Å²) in [6, 6.07) is 144. The van der Waals surface area contributed by atoms with E-state index in [1.54, 1.807) is 0 Å². The number of hydrogen-bond acceptors (Lipinski definition) is 8. The van der Waals surface area contributed by atoms with Gasteiger partial charge in [-0.1, -0.05) is 285 Å². The van der Waals surface area contributed by atoms with Crippen LogP contribution in [0, 0.1) is 0 Å². The zero-order chi connectivity index (χ0) is 79.9. The minimum Gasteiger partial charge on any atom is -0.456 e. The second kappa shape index (κ2) is 26.2. The molecule has 0 radical (unpaired) electrons. The SMILES string of the molecule is c1ccc([Si](c2ccccc2)(c2ccc3oc4ccccc4c3c2)c2cc(-n3c4ccccc4c4cc(-c5ccc6nc7n(-c8nc(-n9c%10ccccc%10n%10c%11ccccc%11nc9%10)cc([Si](c9ccccc9)(c9ccccc9)c9ccc%10oc%11ccccc%11c%10c9)n8)c8ccccc8n7c6c5)ccc43)nc(-n3c4ccccc4c4ccccc43)n2)cc1. The van der Waals surface area contributed by atoms with Gasteiger partial charge in [-0.15, -0.1) is 0 Å². The van der Waals surface area contributed by atoms with Crippen molar-refractivity contribution in [1.82, 2.24) is 57.0 Å². The van der Waals surface area contributed by atoms with Crippen molar-refractivity contribution in [2.45, 2.75) is 0 Å². The number of furan rings is 2. The van der Waals surface area contributed by atoms with Crippen LogP contribution in [0.4, 0.5) is 0 Å². The predicted octanol–water partition coefficient (Wildman–Crippen LogP) is 19.2. The highest BCUT2D eigenvalue weighted by Crippen LogP contribution is 2.40. The van der Waals surface area contributed by atoms with E-state index >= 15 is 0 Å². The van der Waals surface area contributed by atoms with Gasteiger partial charge in [0, 0.05) is 59.8 Å². The first-order valence-electron chi connectivity index (χ1n) is 41.1. The molecule has 0 N–H and O–H groups in total. The molecular formula is C106H66N12O2Si2. The minimum atomic E-state index is -3.58. The van der Waals surface area contributed by atoms with Gasteiger partial charge in [-0.3, -0.25) is 22.5 Å². The molecule has 10 heterocycles. The lowest BCUT2D eigenvalue weighted by Crippen LogP contribution is -2.75. The Balaban J connectivity index is 0.694. The van der Waals surface area contributed by atoms with E-state index < -0.39 is 16.1 Å². The second-order valence-electron chi connectivity index (χ2n) is 31.7. The fraction of sp³-hybridized carbons (Fsp3) is 0. The number of para-hydroxylation sites is 11. The molecule has 0 aliphatic carbocycles. The smallest absolute Gasteiger partial charge is 0.238 e. The molecule has 0 unspecified atom stereocenters. The van der Waals surface area contributed by atoms with Crippen molar-refractivity contribution >= 4 is 201 Å². The second-order valence-corrected chi connectivity index (χ2v) is 39.2. The van der Waals surface area contributed by atoms with Gasteiger partial charge in [0.2, 0.25) is 39.6 Å². The van der Waals surface area contributed by atoms with Crippen LogP contribution in [-0.2, 0) is 0 Å². The maximum Gasteiger partial charge on any atom is 0.238 e. The molecule has 122 heavy (non-hydrogen) atoms. The summed E-state index contributed by atoms with van der Waals surface area (Å²) in [5.74, 6) is 3.84. The van der Waals surface area contributed by atoms with Crippen LogP contribution in [0.5, 0.6) is 0 Å². The Kier molecular flexibility index (Phi) is 14.6. The van der Waals surface area contributed by atoms with Crippen molar-refractivity contribution in [2.24, 2.45) is 0 Å². The topological polar surface area (TPSA) is 132 Å². The number of imidazole rings is 4. The van der Waals surface area contributed by atoms with Crippen LogP contribution in [0.15, 0.2) is 409 Å². The van der Waals surface area contributed by atoms with Gasteiger partial charge in [-0.2, -0.15) is 9.97 Å². The van der Waals surface area contributed by atoms with Gasteiger partial charge in [0.25, 0.3) is 0 Å². The zero-order valence-corrected chi connectivity index (χ0v) is 67.3. The Bertz CT molecular complexity index is 8690. The van der Waals surface area contributed by atoms with E-state index in [1.165, 1.54) is 15.6 Å². The van der Waals surface area contributed by atoms with Gasteiger partial charge in [-0.25, -0.2) is 24.5 Å². The van der Waals surface area contributed by atoms with Gasteiger partial charge in [0.1, 0.15) is 34.0 Å². The molecule has 16 heteroatoms. The molecule has 14 nitrogen and oxygen atoms in total. The summed E-state index contributed by atoms with van der Waals surface area (Å²) in [7, 11) is -7.08. The zero-order valence-electron chi connectivity index (χ0n) is 65.3. The molecule has 0 amide bonds. The van der Waals surface area contributed by atoms with Crippen LogP contribution >= 0.6 is 0 Å². The average molecular weight is 1600 g/mol. The van der Waals surface area contributed by atoms with Gasteiger partial charge in [0.15, 0.2) is 0 Å². The number of fused-ring (bicyclic) bond motifs is 22. The predicted molar refractivity (Wildman–Crippen MR) is 500 cm³/mol. The molecule has 16 aromatic carbocycles. The largest absolute Gasteiger partial charge is 0.456 e. The summed E-state index contributed by atoms with van der Waals surface area (Å²) in [6.45, 7) is 0. The number of benzene rings is 16. The third-order valence-corrected chi connectivity index (χ3v) is 34.6. The van der Waals surface area contributed by atoms with Crippen molar-refractivity contribution in [1.29, 1.82) is 0 Å². The van der Waals surface area contributed by atoms with E-state index in [0.717, 1.165) is 181 Å². The Labute approximate surface area is 697 Å². The van der Waals surface area contributed by atoms with Gasteiger partial charge >= 0.3 is 0 Å². The Morgan fingerprint density at radius 1 is 0.197 bits per heavy atom. The summed E-state index contributed by atoms with van der Waals surface area (Å²) < 4.78 is 26.8. The number of rotatable bonds is 13.